The summed E-state index contributed by atoms with van der Waals surface area (Å²) in [5, 5.41) is 1.68. The van der Waals surface area contributed by atoms with Crippen molar-refractivity contribution < 1.29 is 18.5 Å². The molecule has 0 aliphatic carbocycles. The number of H-pyrrole nitrogens is 2. The SMILES string of the molecule is CN1CCC[C@H]1Cc1c[nH]c2cccc(OP(=O)(O)Oc3cccc4[nH]cc(C[C@@H]5CCCN5C)c34)c12. The summed E-state index contributed by atoms with van der Waals surface area (Å²) in [6.45, 7) is 2.19. The van der Waals surface area contributed by atoms with E-state index >= 15 is 0 Å². The van der Waals surface area contributed by atoms with Crippen molar-refractivity contribution in [2.24, 2.45) is 0 Å². The second-order valence-corrected chi connectivity index (χ2v) is 11.9. The topological polar surface area (TPSA) is 93.8 Å². The Morgan fingerprint density at radius 3 is 1.70 bits per heavy atom. The predicted octanol–water partition coefficient (Wildman–Crippen LogP) is 5.48. The van der Waals surface area contributed by atoms with Crippen LogP contribution in [0.4, 0.5) is 0 Å². The molecular weight excluding hydrogens is 487 g/mol. The number of rotatable bonds is 8. The van der Waals surface area contributed by atoms with Crippen LogP contribution in [0.15, 0.2) is 48.8 Å². The smallest absolute Gasteiger partial charge is 0.394 e. The molecule has 4 heterocycles. The van der Waals surface area contributed by atoms with E-state index in [0.29, 0.717) is 23.6 Å². The third-order valence-electron chi connectivity index (χ3n) is 8.18. The number of aromatic nitrogens is 2. The quantitative estimate of drug-likeness (QED) is 0.265. The Morgan fingerprint density at radius 2 is 1.30 bits per heavy atom. The molecule has 2 atom stereocenters. The summed E-state index contributed by atoms with van der Waals surface area (Å²) in [4.78, 5) is 22.3. The molecule has 3 N–H and O–H groups in total. The van der Waals surface area contributed by atoms with Crippen molar-refractivity contribution in [2.75, 3.05) is 27.2 Å². The average molecular weight is 523 g/mol. The number of likely N-dealkylation sites (N-methyl/N-ethyl adjacent to an activating group) is 2. The molecule has 6 rings (SSSR count). The van der Waals surface area contributed by atoms with Crippen LogP contribution < -0.4 is 9.05 Å². The van der Waals surface area contributed by atoms with Crippen LogP contribution in [0.3, 0.4) is 0 Å². The van der Waals surface area contributed by atoms with Crippen LogP contribution >= 0.6 is 7.82 Å². The summed E-state index contributed by atoms with van der Waals surface area (Å²) >= 11 is 0. The van der Waals surface area contributed by atoms with E-state index in [1.165, 1.54) is 12.8 Å². The second kappa shape index (κ2) is 9.84. The van der Waals surface area contributed by atoms with Crippen LogP contribution in [0.1, 0.15) is 36.8 Å². The molecule has 0 bridgehead atoms. The summed E-state index contributed by atoms with van der Waals surface area (Å²) < 4.78 is 24.9. The van der Waals surface area contributed by atoms with Gasteiger partial charge in [-0.2, -0.15) is 0 Å². The van der Waals surface area contributed by atoms with Crippen LogP contribution in [0.5, 0.6) is 11.5 Å². The van der Waals surface area contributed by atoms with Crippen LogP contribution in [-0.4, -0.2) is 63.9 Å². The third-order valence-corrected chi connectivity index (χ3v) is 9.03. The fourth-order valence-corrected chi connectivity index (χ4v) is 7.00. The molecule has 2 aliphatic heterocycles. The molecule has 4 aromatic rings. The lowest BCUT2D eigenvalue weighted by atomic mass is 10.0. The number of phosphoric ester groups is 1. The molecule has 2 aromatic carbocycles. The van der Waals surface area contributed by atoms with Gasteiger partial charge in [-0.3, -0.25) is 4.89 Å². The van der Waals surface area contributed by atoms with Gasteiger partial charge in [0.2, 0.25) is 0 Å². The molecule has 0 saturated carbocycles. The van der Waals surface area contributed by atoms with Crippen molar-refractivity contribution in [1.82, 2.24) is 19.8 Å². The summed E-state index contributed by atoms with van der Waals surface area (Å²) in [5.74, 6) is 0.712. The number of hydrogen-bond donors (Lipinski definition) is 3. The molecule has 2 saturated heterocycles. The van der Waals surface area contributed by atoms with Crippen molar-refractivity contribution in [3.05, 3.63) is 59.9 Å². The van der Waals surface area contributed by atoms with Gasteiger partial charge in [0.05, 0.1) is 0 Å². The van der Waals surface area contributed by atoms with Gasteiger partial charge in [-0.25, -0.2) is 4.57 Å². The van der Waals surface area contributed by atoms with Crippen LogP contribution in [0.2, 0.25) is 0 Å². The number of aromatic amines is 2. The zero-order valence-electron chi connectivity index (χ0n) is 21.4. The van der Waals surface area contributed by atoms with Crippen molar-refractivity contribution >= 4 is 29.6 Å². The first kappa shape index (κ1) is 24.6. The Kier molecular flexibility index (Phi) is 6.53. The molecule has 0 unspecified atom stereocenters. The Bertz CT molecular complexity index is 1360. The Balaban J connectivity index is 1.28. The highest BCUT2D eigenvalue weighted by molar-refractivity contribution is 7.48. The Morgan fingerprint density at radius 1 is 0.838 bits per heavy atom. The molecule has 9 heteroatoms. The van der Waals surface area contributed by atoms with Crippen molar-refractivity contribution in [1.29, 1.82) is 0 Å². The number of benzene rings is 2. The molecule has 0 spiro atoms. The van der Waals surface area contributed by atoms with Gasteiger partial charge in [0.15, 0.2) is 0 Å². The third kappa shape index (κ3) is 4.91. The minimum atomic E-state index is -4.48. The molecule has 8 nitrogen and oxygen atoms in total. The van der Waals surface area contributed by atoms with E-state index < -0.39 is 7.82 Å². The Labute approximate surface area is 217 Å². The lowest BCUT2D eigenvalue weighted by Crippen LogP contribution is -2.26. The van der Waals surface area contributed by atoms with Crippen LogP contribution in [-0.2, 0) is 17.4 Å². The minimum absolute atomic E-state index is 0.356. The van der Waals surface area contributed by atoms with E-state index in [9.17, 15) is 9.46 Å². The summed E-state index contributed by atoms with van der Waals surface area (Å²) in [6, 6.07) is 11.9. The van der Waals surface area contributed by atoms with Gasteiger partial charge in [-0.15, -0.1) is 0 Å². The standard InChI is InChI=1S/C28H35N4O4P/c1-31-13-5-7-21(31)15-19-17-29-23-9-3-11-25(27(19)23)35-37(33,34)36-26-12-4-10-24-28(26)20(18-30-24)16-22-8-6-14-32(22)2/h3-4,9-12,17-18,21-22,29-30H,5-8,13-16H2,1-2H3,(H,33,34)/t21-,22-/m0/s1. The molecule has 196 valence electrons. The van der Waals surface area contributed by atoms with Crippen molar-refractivity contribution in [3.63, 3.8) is 0 Å². The van der Waals surface area contributed by atoms with E-state index in [1.54, 1.807) is 12.1 Å². The maximum atomic E-state index is 13.4. The molecule has 2 fully saturated rings. The molecular formula is C28H35N4O4P. The maximum absolute atomic E-state index is 13.4. The normalized spacial score (nSPS) is 21.4. The first-order valence-electron chi connectivity index (χ1n) is 13.2. The largest absolute Gasteiger partial charge is 0.584 e. The van der Waals surface area contributed by atoms with E-state index in [1.807, 2.05) is 36.7 Å². The summed E-state index contributed by atoms with van der Waals surface area (Å²) in [7, 11) is -0.174. The van der Waals surface area contributed by atoms with Gasteiger partial charge in [0.1, 0.15) is 11.5 Å². The van der Waals surface area contributed by atoms with Gasteiger partial charge < -0.3 is 28.8 Å². The summed E-state index contributed by atoms with van der Waals surface area (Å²) in [6.07, 6.45) is 10.4. The first-order valence-corrected chi connectivity index (χ1v) is 14.7. The van der Waals surface area contributed by atoms with Crippen LogP contribution in [0, 0.1) is 0 Å². The average Bonchev–Trinajstić information content (AvgIpc) is 3.65. The number of nitrogens with zero attached hydrogens (tertiary/aromatic N) is 2. The molecule has 0 amide bonds. The zero-order valence-corrected chi connectivity index (χ0v) is 22.3. The number of phosphoric acid groups is 1. The van der Waals surface area contributed by atoms with Gasteiger partial charge in [-0.05, 0) is 101 Å². The number of nitrogens with one attached hydrogen (secondary N) is 2. The van der Waals surface area contributed by atoms with Crippen LogP contribution in [0.25, 0.3) is 21.8 Å². The number of fused-ring (bicyclic) bond motifs is 2. The maximum Gasteiger partial charge on any atom is 0.584 e. The predicted molar refractivity (Wildman–Crippen MR) is 146 cm³/mol. The molecule has 0 radical (unpaired) electrons. The highest BCUT2D eigenvalue weighted by Crippen LogP contribution is 2.48. The van der Waals surface area contributed by atoms with Gasteiger partial charge in [-0.1, -0.05) is 12.1 Å². The second-order valence-electron chi connectivity index (χ2n) is 10.6. The minimum Gasteiger partial charge on any atom is -0.394 e. The fourth-order valence-electron chi connectivity index (χ4n) is 6.16. The van der Waals surface area contributed by atoms with Gasteiger partial charge >= 0.3 is 7.82 Å². The molecule has 2 aliphatic rings. The zero-order chi connectivity index (χ0) is 25.6. The van der Waals surface area contributed by atoms with Gasteiger partial charge in [0, 0.05) is 46.3 Å². The number of likely N-dealkylation sites (tertiary alicyclic amines) is 2. The monoisotopic (exact) mass is 522 g/mol. The highest BCUT2D eigenvalue weighted by atomic mass is 31.2. The van der Waals surface area contributed by atoms with E-state index in [-0.39, 0.29) is 0 Å². The van der Waals surface area contributed by atoms with E-state index in [2.05, 4.69) is 33.9 Å². The fraction of sp³-hybridized carbons (Fsp3) is 0.429. The number of hydrogen-bond acceptors (Lipinski definition) is 5. The van der Waals surface area contributed by atoms with E-state index in [0.717, 1.165) is 71.7 Å². The van der Waals surface area contributed by atoms with E-state index in [4.69, 9.17) is 9.05 Å². The lowest BCUT2D eigenvalue weighted by molar-refractivity contribution is 0.292. The Hall–Kier alpha value is -2.77. The van der Waals surface area contributed by atoms with Gasteiger partial charge in [0.25, 0.3) is 0 Å². The lowest BCUT2D eigenvalue weighted by Gasteiger charge is -2.20. The van der Waals surface area contributed by atoms with Crippen molar-refractivity contribution in [2.45, 2.75) is 50.6 Å². The van der Waals surface area contributed by atoms with Crippen molar-refractivity contribution in [3.8, 4) is 11.5 Å². The first-order chi connectivity index (χ1) is 17.9. The summed E-state index contributed by atoms with van der Waals surface area (Å²) in [5.41, 5.74) is 3.92. The molecule has 37 heavy (non-hydrogen) atoms. The molecule has 2 aromatic heterocycles. The highest BCUT2D eigenvalue weighted by Gasteiger charge is 2.30.